The fourth-order valence-corrected chi connectivity index (χ4v) is 2.55. The number of benzene rings is 1. The quantitative estimate of drug-likeness (QED) is 0.749. The summed E-state index contributed by atoms with van der Waals surface area (Å²) < 4.78 is 6.93. The van der Waals surface area contributed by atoms with E-state index in [0.717, 1.165) is 16.9 Å². The van der Waals surface area contributed by atoms with Crippen LogP contribution in [0.1, 0.15) is 34.4 Å². The molecule has 0 saturated carbocycles. The number of aromatic nitrogens is 2. The van der Waals surface area contributed by atoms with Crippen molar-refractivity contribution in [2.45, 2.75) is 26.4 Å². The lowest BCUT2D eigenvalue weighted by molar-refractivity contribution is 0.0329. The van der Waals surface area contributed by atoms with Gasteiger partial charge >= 0.3 is 0 Å². The molecule has 6 heteroatoms. The maximum absolute atomic E-state index is 12.4. The van der Waals surface area contributed by atoms with Gasteiger partial charge in [0.15, 0.2) is 5.69 Å². The first-order valence-electron chi connectivity index (χ1n) is 8.05. The average molecular weight is 339 g/mol. The van der Waals surface area contributed by atoms with Crippen LogP contribution in [0.2, 0.25) is 0 Å². The molecule has 0 spiro atoms. The lowest BCUT2D eigenvalue weighted by Crippen LogP contribution is -2.38. The Balaban J connectivity index is 1.73. The van der Waals surface area contributed by atoms with Gasteiger partial charge in [0.2, 0.25) is 0 Å². The molecule has 1 aromatic carbocycles. The van der Waals surface area contributed by atoms with E-state index >= 15 is 0 Å². The number of hydrogen-bond donors (Lipinski definition) is 2. The van der Waals surface area contributed by atoms with Gasteiger partial charge in [-0.2, -0.15) is 5.10 Å². The van der Waals surface area contributed by atoms with Crippen LogP contribution >= 0.6 is 0 Å². The van der Waals surface area contributed by atoms with Gasteiger partial charge in [0.1, 0.15) is 11.4 Å². The molecule has 0 bridgehead atoms. The normalized spacial score (nSPS) is 13.4. The fourth-order valence-electron chi connectivity index (χ4n) is 2.55. The summed E-state index contributed by atoms with van der Waals surface area (Å²) in [4.78, 5) is 12.4. The van der Waals surface area contributed by atoms with Crippen molar-refractivity contribution < 1.29 is 14.3 Å². The Morgan fingerprint density at radius 1 is 1.28 bits per heavy atom. The number of aryl methyl sites for hydroxylation is 2. The van der Waals surface area contributed by atoms with E-state index in [2.05, 4.69) is 10.4 Å². The lowest BCUT2D eigenvalue weighted by atomic mass is 10.0. The van der Waals surface area contributed by atoms with Gasteiger partial charge in [-0.3, -0.25) is 4.79 Å². The van der Waals surface area contributed by atoms with E-state index in [-0.39, 0.29) is 12.5 Å². The predicted octanol–water partition coefficient (Wildman–Crippen LogP) is 2.72. The zero-order valence-corrected chi connectivity index (χ0v) is 14.5. The topological polar surface area (TPSA) is 80.3 Å². The molecule has 1 unspecified atom stereocenters. The van der Waals surface area contributed by atoms with Crippen LogP contribution in [0.25, 0.3) is 5.69 Å². The SMILES string of the molecule is Cc1ccc(-n2nc(C(=O)NCC(C)(O)c3ccco3)cc2C)cc1. The second-order valence-corrected chi connectivity index (χ2v) is 6.35. The molecule has 25 heavy (non-hydrogen) atoms. The number of amides is 1. The highest BCUT2D eigenvalue weighted by Crippen LogP contribution is 2.20. The summed E-state index contributed by atoms with van der Waals surface area (Å²) >= 11 is 0. The molecular formula is C19H21N3O3. The Morgan fingerprint density at radius 3 is 2.64 bits per heavy atom. The number of hydrogen-bond acceptors (Lipinski definition) is 4. The standard InChI is InChI=1S/C19H21N3O3/c1-13-6-8-15(9-7-13)22-14(2)11-16(21-22)18(23)20-12-19(3,24)17-5-4-10-25-17/h4-11,24H,12H2,1-3H3,(H,20,23). The van der Waals surface area contributed by atoms with Gasteiger partial charge in [-0.05, 0) is 51.1 Å². The molecule has 3 rings (SSSR count). The third kappa shape index (κ3) is 3.64. The first-order chi connectivity index (χ1) is 11.9. The summed E-state index contributed by atoms with van der Waals surface area (Å²) in [6.07, 6.45) is 1.48. The Bertz CT molecular complexity index is 862. The molecule has 0 radical (unpaired) electrons. The highest BCUT2D eigenvalue weighted by Gasteiger charge is 2.27. The number of aliphatic hydroxyl groups is 1. The lowest BCUT2D eigenvalue weighted by Gasteiger charge is -2.20. The Morgan fingerprint density at radius 2 is 2.00 bits per heavy atom. The van der Waals surface area contributed by atoms with Crippen LogP contribution in [0.4, 0.5) is 0 Å². The van der Waals surface area contributed by atoms with Crippen molar-refractivity contribution >= 4 is 5.91 Å². The molecule has 2 aromatic heterocycles. The first-order valence-corrected chi connectivity index (χ1v) is 8.05. The summed E-state index contributed by atoms with van der Waals surface area (Å²) in [7, 11) is 0. The van der Waals surface area contributed by atoms with Gasteiger partial charge in [0.25, 0.3) is 5.91 Å². The smallest absolute Gasteiger partial charge is 0.271 e. The highest BCUT2D eigenvalue weighted by molar-refractivity contribution is 5.92. The van der Waals surface area contributed by atoms with Crippen LogP contribution in [-0.4, -0.2) is 27.3 Å². The monoisotopic (exact) mass is 339 g/mol. The molecule has 6 nitrogen and oxygen atoms in total. The Kier molecular flexibility index (Phi) is 4.46. The number of nitrogens with zero attached hydrogens (tertiary/aromatic N) is 2. The number of rotatable bonds is 5. The molecule has 3 aromatic rings. The van der Waals surface area contributed by atoms with Gasteiger partial charge in [-0.1, -0.05) is 17.7 Å². The molecule has 0 saturated heterocycles. The van der Waals surface area contributed by atoms with Crippen LogP contribution in [0.5, 0.6) is 0 Å². The van der Waals surface area contributed by atoms with Crippen LogP contribution in [-0.2, 0) is 5.60 Å². The van der Waals surface area contributed by atoms with Gasteiger partial charge in [0.05, 0.1) is 18.5 Å². The van der Waals surface area contributed by atoms with Crippen molar-refractivity contribution in [3.8, 4) is 5.69 Å². The largest absolute Gasteiger partial charge is 0.466 e. The molecule has 2 heterocycles. The molecule has 1 amide bonds. The minimum absolute atomic E-state index is 0.0236. The second-order valence-electron chi connectivity index (χ2n) is 6.35. The fraction of sp³-hybridized carbons (Fsp3) is 0.263. The van der Waals surface area contributed by atoms with Gasteiger partial charge in [-0.25, -0.2) is 4.68 Å². The minimum atomic E-state index is -1.28. The van der Waals surface area contributed by atoms with Gasteiger partial charge in [0, 0.05) is 5.69 Å². The Labute approximate surface area is 146 Å². The molecule has 130 valence electrons. The van der Waals surface area contributed by atoms with Gasteiger partial charge < -0.3 is 14.8 Å². The van der Waals surface area contributed by atoms with Crippen molar-refractivity contribution in [1.29, 1.82) is 0 Å². The predicted molar refractivity (Wildman–Crippen MR) is 93.7 cm³/mol. The average Bonchev–Trinajstić information content (AvgIpc) is 3.24. The zero-order chi connectivity index (χ0) is 18.0. The van der Waals surface area contributed by atoms with E-state index in [0.29, 0.717) is 11.5 Å². The third-order valence-electron chi connectivity index (χ3n) is 4.04. The first kappa shape index (κ1) is 17.0. The van der Waals surface area contributed by atoms with E-state index < -0.39 is 5.60 Å². The number of nitrogens with one attached hydrogen (secondary N) is 1. The third-order valence-corrected chi connectivity index (χ3v) is 4.04. The second kappa shape index (κ2) is 6.57. The highest BCUT2D eigenvalue weighted by atomic mass is 16.4. The van der Waals surface area contributed by atoms with Crippen LogP contribution in [0, 0.1) is 13.8 Å². The van der Waals surface area contributed by atoms with Crippen molar-refractivity contribution in [2.24, 2.45) is 0 Å². The van der Waals surface area contributed by atoms with E-state index in [4.69, 9.17) is 4.42 Å². The molecular weight excluding hydrogens is 318 g/mol. The summed E-state index contributed by atoms with van der Waals surface area (Å²) in [6.45, 7) is 5.52. The molecule has 2 N–H and O–H groups in total. The zero-order valence-electron chi connectivity index (χ0n) is 14.5. The summed E-state index contributed by atoms with van der Waals surface area (Å²) in [5, 5.41) is 17.5. The molecule has 0 aliphatic heterocycles. The minimum Gasteiger partial charge on any atom is -0.466 e. The van der Waals surface area contributed by atoms with Crippen molar-refractivity contribution in [3.63, 3.8) is 0 Å². The van der Waals surface area contributed by atoms with Crippen LogP contribution in [0.3, 0.4) is 0 Å². The van der Waals surface area contributed by atoms with E-state index in [1.165, 1.54) is 6.26 Å². The van der Waals surface area contributed by atoms with Crippen molar-refractivity contribution in [2.75, 3.05) is 6.54 Å². The molecule has 1 atom stereocenters. The summed E-state index contributed by atoms with van der Waals surface area (Å²) in [6, 6.07) is 13.0. The number of carbonyl (C=O) groups is 1. The van der Waals surface area contributed by atoms with E-state index in [9.17, 15) is 9.90 Å². The molecule has 0 fully saturated rings. The maximum atomic E-state index is 12.4. The number of furan rings is 1. The number of carbonyl (C=O) groups excluding carboxylic acids is 1. The Hall–Kier alpha value is -2.86. The van der Waals surface area contributed by atoms with Crippen LogP contribution < -0.4 is 5.32 Å². The van der Waals surface area contributed by atoms with Crippen LogP contribution in [0.15, 0.2) is 53.1 Å². The van der Waals surface area contributed by atoms with Crippen molar-refractivity contribution in [1.82, 2.24) is 15.1 Å². The van der Waals surface area contributed by atoms with Gasteiger partial charge in [-0.15, -0.1) is 0 Å². The molecule has 0 aliphatic rings. The van der Waals surface area contributed by atoms with E-state index in [1.807, 2.05) is 38.1 Å². The van der Waals surface area contributed by atoms with E-state index in [1.54, 1.807) is 29.8 Å². The molecule has 0 aliphatic carbocycles. The van der Waals surface area contributed by atoms with Crippen molar-refractivity contribution in [3.05, 3.63) is 71.4 Å². The summed E-state index contributed by atoms with van der Waals surface area (Å²) in [5.74, 6) is 0.0509. The maximum Gasteiger partial charge on any atom is 0.271 e. The summed E-state index contributed by atoms with van der Waals surface area (Å²) in [5.41, 5.74) is 1.92.